The minimum Gasteiger partial charge on any atom is -0.481 e. The number of hydrogen-bond donors (Lipinski definition) is 3. The van der Waals surface area contributed by atoms with E-state index >= 15 is 0 Å². The summed E-state index contributed by atoms with van der Waals surface area (Å²) in [6.07, 6.45) is 1.61. The number of nitrogens with one attached hydrogen (secondary N) is 2. The smallest absolute Gasteiger partial charge is 0.272 e. The number of carbonyl (C=O) groups is 1. The van der Waals surface area contributed by atoms with Gasteiger partial charge in [0, 0.05) is 18.8 Å². The van der Waals surface area contributed by atoms with Gasteiger partial charge in [-0.15, -0.1) is 10.2 Å². The van der Waals surface area contributed by atoms with Gasteiger partial charge in [-0.1, -0.05) is 0 Å². The quantitative estimate of drug-likeness (QED) is 0.523. The molecule has 2 heterocycles. The van der Waals surface area contributed by atoms with Crippen LogP contribution in [0.3, 0.4) is 0 Å². The number of pyridine rings is 1. The second-order valence-corrected chi connectivity index (χ2v) is 3.84. The van der Waals surface area contributed by atoms with Crippen molar-refractivity contribution in [2.75, 3.05) is 12.5 Å². The number of nitrogens with zero attached hydrogens (tertiary/aromatic N) is 3. The molecule has 0 radical (unpaired) electrons. The number of ether oxygens (including phenoxy) is 1. The fourth-order valence-electron chi connectivity index (χ4n) is 1.48. The van der Waals surface area contributed by atoms with Crippen molar-refractivity contribution in [3.05, 3.63) is 41.7 Å². The largest absolute Gasteiger partial charge is 0.481 e. The highest BCUT2D eigenvalue weighted by Gasteiger charge is 2.08. The van der Waals surface area contributed by atoms with E-state index in [0.717, 1.165) is 5.56 Å². The van der Waals surface area contributed by atoms with Crippen LogP contribution >= 0.6 is 0 Å². The van der Waals surface area contributed by atoms with Gasteiger partial charge in [-0.05, 0) is 23.8 Å². The highest BCUT2D eigenvalue weighted by atomic mass is 16.5. The van der Waals surface area contributed by atoms with Gasteiger partial charge in [-0.3, -0.25) is 4.79 Å². The van der Waals surface area contributed by atoms with Gasteiger partial charge in [0.2, 0.25) is 5.88 Å². The van der Waals surface area contributed by atoms with Crippen LogP contribution < -0.4 is 21.3 Å². The number of carbonyl (C=O) groups excluding carboxylic acids is 1. The summed E-state index contributed by atoms with van der Waals surface area (Å²) in [6, 6.07) is 6.63. The molecule has 8 nitrogen and oxygen atoms in total. The number of amides is 1. The molecule has 0 fully saturated rings. The SMILES string of the molecule is COc1cc(CNC(=O)c2ccc(NN)nn2)ccn1. The van der Waals surface area contributed by atoms with E-state index in [-0.39, 0.29) is 11.6 Å². The van der Waals surface area contributed by atoms with Crippen LogP contribution in [0.25, 0.3) is 0 Å². The van der Waals surface area contributed by atoms with Crippen molar-refractivity contribution >= 4 is 11.7 Å². The molecule has 20 heavy (non-hydrogen) atoms. The molecular formula is C12H14N6O2. The first-order valence-electron chi connectivity index (χ1n) is 5.80. The van der Waals surface area contributed by atoms with Gasteiger partial charge < -0.3 is 15.5 Å². The maximum Gasteiger partial charge on any atom is 0.272 e. The number of nitrogen functional groups attached to an aromatic ring is 1. The summed E-state index contributed by atoms with van der Waals surface area (Å²) in [4.78, 5) is 15.8. The lowest BCUT2D eigenvalue weighted by Crippen LogP contribution is -2.24. The molecule has 0 atom stereocenters. The van der Waals surface area contributed by atoms with Crippen LogP contribution in [0, 0.1) is 0 Å². The van der Waals surface area contributed by atoms with E-state index in [4.69, 9.17) is 10.6 Å². The van der Waals surface area contributed by atoms with Crippen LogP contribution in [-0.4, -0.2) is 28.2 Å². The zero-order valence-electron chi connectivity index (χ0n) is 10.8. The maximum atomic E-state index is 11.9. The molecule has 0 aliphatic heterocycles. The number of aromatic nitrogens is 3. The Morgan fingerprint density at radius 1 is 1.35 bits per heavy atom. The van der Waals surface area contributed by atoms with Crippen molar-refractivity contribution < 1.29 is 9.53 Å². The first-order valence-corrected chi connectivity index (χ1v) is 5.80. The van der Waals surface area contributed by atoms with Crippen LogP contribution in [0.1, 0.15) is 16.1 Å². The fraction of sp³-hybridized carbons (Fsp3) is 0.167. The Kier molecular flexibility index (Phi) is 4.40. The summed E-state index contributed by atoms with van der Waals surface area (Å²) in [5, 5.41) is 10.2. The molecular weight excluding hydrogens is 260 g/mol. The van der Waals surface area contributed by atoms with E-state index in [0.29, 0.717) is 18.2 Å². The lowest BCUT2D eigenvalue weighted by atomic mass is 10.2. The third kappa shape index (κ3) is 3.39. The number of rotatable bonds is 5. The first-order chi connectivity index (χ1) is 9.72. The average molecular weight is 274 g/mol. The normalized spacial score (nSPS) is 9.90. The minimum atomic E-state index is -0.322. The molecule has 0 aliphatic carbocycles. The summed E-state index contributed by atoms with van der Waals surface area (Å²) >= 11 is 0. The molecule has 2 rings (SSSR count). The van der Waals surface area contributed by atoms with Crippen molar-refractivity contribution in [1.82, 2.24) is 20.5 Å². The molecule has 0 saturated carbocycles. The van der Waals surface area contributed by atoms with Crippen LogP contribution in [0.4, 0.5) is 5.82 Å². The molecule has 0 aliphatic rings. The standard InChI is InChI=1S/C12H14N6O2/c1-20-11-6-8(4-5-14-11)7-15-12(19)9-2-3-10(16-13)18-17-9/h2-6H,7,13H2,1H3,(H,15,19)(H,16,18). The van der Waals surface area contributed by atoms with Crippen molar-refractivity contribution in [3.63, 3.8) is 0 Å². The van der Waals surface area contributed by atoms with Crippen LogP contribution in [0.5, 0.6) is 5.88 Å². The molecule has 0 aromatic carbocycles. The fourth-order valence-corrected chi connectivity index (χ4v) is 1.48. The monoisotopic (exact) mass is 274 g/mol. The first kappa shape index (κ1) is 13.7. The summed E-state index contributed by atoms with van der Waals surface area (Å²) in [7, 11) is 1.54. The van der Waals surface area contributed by atoms with E-state index < -0.39 is 0 Å². The average Bonchev–Trinajstić information content (AvgIpc) is 2.53. The number of nitrogens with two attached hydrogens (primary N) is 1. The van der Waals surface area contributed by atoms with E-state index in [1.807, 2.05) is 0 Å². The van der Waals surface area contributed by atoms with Gasteiger partial charge in [0.25, 0.3) is 5.91 Å². The topological polar surface area (TPSA) is 115 Å². The Balaban J connectivity index is 1.97. The molecule has 0 bridgehead atoms. The molecule has 0 unspecified atom stereocenters. The molecule has 4 N–H and O–H groups in total. The Hall–Kier alpha value is -2.74. The highest BCUT2D eigenvalue weighted by molar-refractivity contribution is 5.92. The van der Waals surface area contributed by atoms with Crippen molar-refractivity contribution in [3.8, 4) is 5.88 Å². The predicted octanol–water partition coefficient (Wildman–Crippen LogP) is 0.0958. The van der Waals surface area contributed by atoms with Gasteiger partial charge in [-0.2, -0.15) is 0 Å². The van der Waals surface area contributed by atoms with E-state index in [1.165, 1.54) is 13.2 Å². The summed E-state index contributed by atoms with van der Waals surface area (Å²) < 4.78 is 5.01. The van der Waals surface area contributed by atoms with Gasteiger partial charge in [0.15, 0.2) is 11.5 Å². The lowest BCUT2D eigenvalue weighted by Gasteiger charge is -2.06. The molecule has 104 valence electrons. The maximum absolute atomic E-state index is 11.9. The molecule has 2 aromatic rings. The summed E-state index contributed by atoms with van der Waals surface area (Å²) in [5.74, 6) is 5.73. The van der Waals surface area contributed by atoms with Crippen molar-refractivity contribution in [2.24, 2.45) is 5.84 Å². The van der Waals surface area contributed by atoms with Crippen LogP contribution in [0.15, 0.2) is 30.5 Å². The lowest BCUT2D eigenvalue weighted by molar-refractivity contribution is 0.0945. The molecule has 2 aromatic heterocycles. The van der Waals surface area contributed by atoms with Gasteiger partial charge in [0.1, 0.15) is 0 Å². The summed E-state index contributed by atoms with van der Waals surface area (Å²) in [5.41, 5.74) is 3.42. The Morgan fingerprint density at radius 2 is 2.20 bits per heavy atom. The van der Waals surface area contributed by atoms with Crippen molar-refractivity contribution in [1.29, 1.82) is 0 Å². The van der Waals surface area contributed by atoms with E-state index in [2.05, 4.69) is 25.9 Å². The number of hydrazine groups is 1. The zero-order chi connectivity index (χ0) is 14.4. The Morgan fingerprint density at radius 3 is 2.85 bits per heavy atom. The van der Waals surface area contributed by atoms with Crippen LogP contribution in [0.2, 0.25) is 0 Å². The second-order valence-electron chi connectivity index (χ2n) is 3.84. The van der Waals surface area contributed by atoms with Crippen molar-refractivity contribution in [2.45, 2.75) is 6.54 Å². The molecule has 0 saturated heterocycles. The van der Waals surface area contributed by atoms with Gasteiger partial charge >= 0.3 is 0 Å². The van der Waals surface area contributed by atoms with Crippen LogP contribution in [-0.2, 0) is 6.54 Å². The van der Waals surface area contributed by atoms with E-state index in [1.54, 1.807) is 24.4 Å². The number of methoxy groups -OCH3 is 1. The molecule has 0 spiro atoms. The Bertz CT molecular complexity index is 587. The van der Waals surface area contributed by atoms with Gasteiger partial charge in [0.05, 0.1) is 7.11 Å². The molecule has 1 amide bonds. The Labute approximate surface area is 115 Å². The highest BCUT2D eigenvalue weighted by Crippen LogP contribution is 2.08. The summed E-state index contributed by atoms with van der Waals surface area (Å²) in [6.45, 7) is 0.344. The third-order valence-electron chi connectivity index (χ3n) is 2.51. The second kappa shape index (κ2) is 6.43. The third-order valence-corrected chi connectivity index (χ3v) is 2.51. The number of anilines is 1. The van der Waals surface area contributed by atoms with Gasteiger partial charge in [-0.25, -0.2) is 10.8 Å². The zero-order valence-corrected chi connectivity index (χ0v) is 10.8. The van der Waals surface area contributed by atoms with E-state index in [9.17, 15) is 4.79 Å². The minimum absolute atomic E-state index is 0.213. The molecule has 8 heteroatoms. The number of hydrogen-bond acceptors (Lipinski definition) is 7. The predicted molar refractivity (Wildman–Crippen MR) is 71.8 cm³/mol.